The summed E-state index contributed by atoms with van der Waals surface area (Å²) < 4.78 is 0. The number of Topliss-reactive ketones (excluding diaryl/α,β-unsaturated/α-hetero) is 1. The summed E-state index contributed by atoms with van der Waals surface area (Å²) in [5.74, 6) is -0.0373. The van der Waals surface area contributed by atoms with Gasteiger partial charge in [0.2, 0.25) is 0 Å². The average Bonchev–Trinajstić information content (AvgIpc) is 2.29. The van der Waals surface area contributed by atoms with Crippen LogP contribution in [0.5, 0.6) is 0 Å². The van der Waals surface area contributed by atoms with Crippen molar-refractivity contribution in [3.05, 3.63) is 33.8 Å². The molecule has 0 atom stereocenters. The Morgan fingerprint density at radius 1 is 1.32 bits per heavy atom. The van der Waals surface area contributed by atoms with Crippen molar-refractivity contribution in [2.45, 2.75) is 26.4 Å². The minimum absolute atomic E-state index is 0.0373. The zero-order valence-corrected chi connectivity index (χ0v) is 12.9. The topological polar surface area (TPSA) is 40.5 Å². The van der Waals surface area contributed by atoms with Gasteiger partial charge in [-0.2, -0.15) is 0 Å². The first-order chi connectivity index (χ1) is 8.73. The number of rotatable bonds is 6. The summed E-state index contributed by atoms with van der Waals surface area (Å²) in [5.41, 5.74) is -0.294. The third kappa shape index (κ3) is 5.49. The monoisotopic (exact) mass is 303 g/mol. The van der Waals surface area contributed by atoms with Crippen LogP contribution < -0.4 is 0 Å². The minimum atomic E-state index is -0.825. The van der Waals surface area contributed by atoms with Crippen LogP contribution in [0.2, 0.25) is 10.0 Å². The van der Waals surface area contributed by atoms with Crippen LogP contribution in [-0.4, -0.2) is 41.0 Å². The quantitative estimate of drug-likeness (QED) is 0.820. The summed E-state index contributed by atoms with van der Waals surface area (Å²) in [6, 6.07) is 4.85. The first kappa shape index (κ1) is 16.4. The van der Waals surface area contributed by atoms with Crippen LogP contribution in [0.1, 0.15) is 31.1 Å². The maximum atomic E-state index is 12.1. The predicted molar refractivity (Wildman–Crippen MR) is 79.2 cm³/mol. The molecule has 3 nitrogen and oxygen atoms in total. The van der Waals surface area contributed by atoms with Crippen LogP contribution in [0.15, 0.2) is 18.2 Å². The van der Waals surface area contributed by atoms with Crippen LogP contribution in [0.4, 0.5) is 0 Å². The van der Waals surface area contributed by atoms with E-state index >= 15 is 0 Å². The number of benzene rings is 1. The molecule has 0 spiro atoms. The molecule has 0 bridgehead atoms. The van der Waals surface area contributed by atoms with Gasteiger partial charge in [-0.25, -0.2) is 0 Å². The Labute approximate surface area is 124 Å². The largest absolute Gasteiger partial charge is 0.389 e. The molecule has 0 fully saturated rings. The van der Waals surface area contributed by atoms with E-state index in [1.54, 1.807) is 32.0 Å². The fraction of sp³-hybridized carbons (Fsp3) is 0.500. The van der Waals surface area contributed by atoms with Gasteiger partial charge in [0.15, 0.2) is 5.78 Å². The van der Waals surface area contributed by atoms with Gasteiger partial charge in [-0.15, -0.1) is 0 Å². The van der Waals surface area contributed by atoms with Gasteiger partial charge in [0, 0.05) is 12.1 Å². The molecular formula is C14H19Cl2NO2. The van der Waals surface area contributed by atoms with Crippen molar-refractivity contribution in [3.63, 3.8) is 0 Å². The molecule has 0 aliphatic rings. The minimum Gasteiger partial charge on any atom is -0.389 e. The number of nitrogens with zero attached hydrogens (tertiary/aromatic N) is 1. The number of aliphatic hydroxyl groups is 1. The molecule has 0 saturated carbocycles. The Bertz CT molecular complexity index is 455. The van der Waals surface area contributed by atoms with Gasteiger partial charge < -0.3 is 5.11 Å². The molecule has 0 radical (unpaired) electrons. The van der Waals surface area contributed by atoms with Gasteiger partial charge in [-0.3, -0.25) is 9.69 Å². The van der Waals surface area contributed by atoms with E-state index in [-0.39, 0.29) is 12.3 Å². The Morgan fingerprint density at radius 3 is 2.42 bits per heavy atom. The van der Waals surface area contributed by atoms with E-state index in [0.29, 0.717) is 28.7 Å². The van der Waals surface area contributed by atoms with E-state index in [2.05, 4.69) is 0 Å². The highest BCUT2D eigenvalue weighted by molar-refractivity contribution is 6.42. The molecule has 19 heavy (non-hydrogen) atoms. The first-order valence-electron chi connectivity index (χ1n) is 6.16. The Hall–Kier alpha value is -0.610. The van der Waals surface area contributed by atoms with Gasteiger partial charge >= 0.3 is 0 Å². The highest BCUT2D eigenvalue weighted by atomic mass is 35.5. The standard InChI is InChI=1S/C14H19Cl2NO2/c1-4-17(9-14(2,3)19)8-13(18)10-5-6-11(15)12(16)7-10/h5-7,19H,4,8-9H2,1-3H3. The van der Waals surface area contributed by atoms with Crippen molar-refractivity contribution in [2.75, 3.05) is 19.6 Å². The van der Waals surface area contributed by atoms with Crippen LogP contribution in [0.25, 0.3) is 0 Å². The first-order valence-corrected chi connectivity index (χ1v) is 6.91. The third-order valence-electron chi connectivity index (χ3n) is 2.67. The summed E-state index contributed by atoms with van der Waals surface area (Å²) in [7, 11) is 0. The average molecular weight is 304 g/mol. The molecule has 0 saturated heterocycles. The number of carbonyl (C=O) groups excluding carboxylic acids is 1. The van der Waals surface area contributed by atoms with Crippen molar-refractivity contribution >= 4 is 29.0 Å². The molecule has 0 aliphatic carbocycles. The molecule has 1 N–H and O–H groups in total. The maximum absolute atomic E-state index is 12.1. The lowest BCUT2D eigenvalue weighted by atomic mass is 10.1. The highest BCUT2D eigenvalue weighted by Gasteiger charge is 2.20. The Morgan fingerprint density at radius 2 is 1.95 bits per heavy atom. The van der Waals surface area contributed by atoms with Gasteiger partial charge in [-0.1, -0.05) is 30.1 Å². The molecule has 5 heteroatoms. The SMILES string of the molecule is CCN(CC(=O)c1ccc(Cl)c(Cl)c1)CC(C)(C)O. The second-order valence-electron chi connectivity index (χ2n) is 5.17. The van der Waals surface area contributed by atoms with Crippen LogP contribution in [-0.2, 0) is 0 Å². The summed E-state index contributed by atoms with van der Waals surface area (Å²) in [6.45, 7) is 6.78. The van der Waals surface area contributed by atoms with Crippen molar-refractivity contribution in [1.29, 1.82) is 0 Å². The number of hydrogen-bond donors (Lipinski definition) is 1. The van der Waals surface area contributed by atoms with Gasteiger partial charge in [0.25, 0.3) is 0 Å². The number of halogens is 2. The van der Waals surface area contributed by atoms with E-state index in [4.69, 9.17) is 23.2 Å². The van der Waals surface area contributed by atoms with Gasteiger partial charge in [-0.05, 0) is 38.6 Å². The summed E-state index contributed by atoms with van der Waals surface area (Å²) in [5, 5.41) is 10.6. The molecule has 0 unspecified atom stereocenters. The lowest BCUT2D eigenvalue weighted by Gasteiger charge is -2.27. The van der Waals surface area contributed by atoms with Crippen molar-refractivity contribution < 1.29 is 9.90 Å². The fourth-order valence-corrected chi connectivity index (χ4v) is 2.09. The second kappa shape index (κ2) is 6.71. The Balaban J connectivity index is 2.74. The molecule has 1 aromatic carbocycles. The van der Waals surface area contributed by atoms with Crippen molar-refractivity contribution in [2.24, 2.45) is 0 Å². The normalized spacial score (nSPS) is 11.9. The summed E-state index contributed by atoms with van der Waals surface area (Å²) in [6.07, 6.45) is 0. The molecule has 0 aromatic heterocycles. The fourth-order valence-electron chi connectivity index (χ4n) is 1.79. The molecule has 1 rings (SSSR count). The zero-order valence-electron chi connectivity index (χ0n) is 11.4. The smallest absolute Gasteiger partial charge is 0.176 e. The molecule has 1 aromatic rings. The molecular weight excluding hydrogens is 285 g/mol. The van der Waals surface area contributed by atoms with Gasteiger partial charge in [0.05, 0.1) is 22.2 Å². The van der Waals surface area contributed by atoms with Crippen LogP contribution in [0, 0.1) is 0 Å². The molecule has 0 heterocycles. The number of likely N-dealkylation sites (N-methyl/N-ethyl adjacent to an activating group) is 1. The third-order valence-corrected chi connectivity index (χ3v) is 3.41. The molecule has 0 amide bonds. The van der Waals surface area contributed by atoms with Crippen molar-refractivity contribution in [1.82, 2.24) is 4.90 Å². The number of carbonyl (C=O) groups is 1. The van der Waals surface area contributed by atoms with Crippen molar-refractivity contribution in [3.8, 4) is 0 Å². The summed E-state index contributed by atoms with van der Waals surface area (Å²) >= 11 is 11.7. The van der Waals surface area contributed by atoms with E-state index in [1.165, 1.54) is 0 Å². The van der Waals surface area contributed by atoms with Gasteiger partial charge in [0.1, 0.15) is 0 Å². The zero-order chi connectivity index (χ0) is 14.6. The molecule has 0 aliphatic heterocycles. The van der Waals surface area contributed by atoms with Crippen LogP contribution in [0.3, 0.4) is 0 Å². The number of hydrogen-bond acceptors (Lipinski definition) is 3. The van der Waals surface area contributed by atoms with E-state index in [0.717, 1.165) is 0 Å². The number of ketones is 1. The van der Waals surface area contributed by atoms with E-state index in [9.17, 15) is 9.90 Å². The van der Waals surface area contributed by atoms with Crippen LogP contribution >= 0.6 is 23.2 Å². The van der Waals surface area contributed by atoms with E-state index < -0.39 is 5.60 Å². The highest BCUT2D eigenvalue weighted by Crippen LogP contribution is 2.23. The molecule has 106 valence electrons. The van der Waals surface area contributed by atoms with E-state index in [1.807, 2.05) is 11.8 Å². The lowest BCUT2D eigenvalue weighted by molar-refractivity contribution is 0.0376. The maximum Gasteiger partial charge on any atom is 0.176 e. The Kier molecular flexibility index (Phi) is 5.81. The predicted octanol–water partition coefficient (Wildman–Crippen LogP) is 3.27. The summed E-state index contributed by atoms with van der Waals surface area (Å²) in [4.78, 5) is 14.0. The lowest BCUT2D eigenvalue weighted by Crippen LogP contribution is -2.41. The second-order valence-corrected chi connectivity index (χ2v) is 5.98.